The third kappa shape index (κ3) is 5.83. The molecule has 1 aliphatic heterocycles. The van der Waals surface area contributed by atoms with Crippen molar-refractivity contribution in [1.29, 1.82) is 0 Å². The van der Waals surface area contributed by atoms with E-state index < -0.39 is 17.6 Å². The second-order valence-corrected chi connectivity index (χ2v) is 8.16. The molecule has 31 heavy (non-hydrogen) atoms. The van der Waals surface area contributed by atoms with Gasteiger partial charge in [-0.15, -0.1) is 0 Å². The molecule has 1 saturated heterocycles. The molecule has 11 heteroatoms. The zero-order chi connectivity index (χ0) is 22.8. The predicted octanol–water partition coefficient (Wildman–Crippen LogP) is 5.06. The molecular formula is C20H17Cl3F3N3O2. The first-order valence-electron chi connectivity index (χ1n) is 9.18. The zero-order valence-corrected chi connectivity index (χ0v) is 18.2. The summed E-state index contributed by atoms with van der Waals surface area (Å²) >= 11 is 18.0. The van der Waals surface area contributed by atoms with Gasteiger partial charge in [-0.05, 0) is 24.3 Å². The second-order valence-electron chi connectivity index (χ2n) is 6.90. The lowest BCUT2D eigenvalue weighted by Gasteiger charge is -2.34. The van der Waals surface area contributed by atoms with Crippen LogP contribution in [0.2, 0.25) is 15.1 Å². The molecule has 0 aliphatic carbocycles. The van der Waals surface area contributed by atoms with Crippen molar-refractivity contribution in [3.8, 4) is 0 Å². The number of alkyl halides is 3. The maximum atomic E-state index is 13.2. The quantitative estimate of drug-likeness (QED) is 0.646. The molecule has 0 unspecified atom stereocenters. The number of carbonyl (C=O) groups excluding carboxylic acids is 2. The van der Waals surface area contributed by atoms with Crippen molar-refractivity contribution in [2.75, 3.05) is 38.0 Å². The lowest BCUT2D eigenvalue weighted by molar-refractivity contribution is -0.138. The van der Waals surface area contributed by atoms with Crippen molar-refractivity contribution < 1.29 is 22.8 Å². The fourth-order valence-electron chi connectivity index (χ4n) is 3.24. The van der Waals surface area contributed by atoms with Gasteiger partial charge < -0.3 is 10.2 Å². The Morgan fingerprint density at radius 3 is 2.13 bits per heavy atom. The molecule has 166 valence electrons. The Morgan fingerprint density at radius 2 is 1.55 bits per heavy atom. The lowest BCUT2D eigenvalue weighted by Crippen LogP contribution is -2.50. The molecular weight excluding hydrogens is 478 g/mol. The average molecular weight is 495 g/mol. The van der Waals surface area contributed by atoms with Crippen LogP contribution in [0.4, 0.5) is 18.9 Å². The molecule has 0 aromatic heterocycles. The predicted molar refractivity (Wildman–Crippen MR) is 114 cm³/mol. The van der Waals surface area contributed by atoms with E-state index in [0.29, 0.717) is 18.1 Å². The monoisotopic (exact) mass is 493 g/mol. The molecule has 1 aliphatic rings. The molecule has 0 spiro atoms. The molecule has 0 radical (unpaired) electrons. The minimum Gasteiger partial charge on any atom is -0.336 e. The molecule has 2 aromatic carbocycles. The first-order chi connectivity index (χ1) is 14.6. The highest BCUT2D eigenvalue weighted by molar-refractivity contribution is 6.42. The molecule has 1 heterocycles. The van der Waals surface area contributed by atoms with E-state index in [1.165, 1.54) is 35.2 Å². The van der Waals surface area contributed by atoms with E-state index in [1.54, 1.807) is 4.90 Å². The maximum absolute atomic E-state index is 13.2. The van der Waals surface area contributed by atoms with Crippen LogP contribution in [-0.4, -0.2) is 54.3 Å². The minimum atomic E-state index is -4.61. The van der Waals surface area contributed by atoms with Gasteiger partial charge in [-0.25, -0.2) is 0 Å². The number of nitrogens with zero attached hydrogens (tertiary/aromatic N) is 2. The van der Waals surface area contributed by atoms with E-state index in [4.69, 9.17) is 34.8 Å². The highest BCUT2D eigenvalue weighted by atomic mass is 35.5. The number of piperazine rings is 1. The summed E-state index contributed by atoms with van der Waals surface area (Å²) in [6, 6.07) is 7.61. The summed E-state index contributed by atoms with van der Waals surface area (Å²) in [6.45, 7) is 1.06. The van der Waals surface area contributed by atoms with E-state index in [-0.39, 0.29) is 46.8 Å². The third-order valence-corrected chi connectivity index (χ3v) is 5.58. The fourth-order valence-corrected chi connectivity index (χ4v) is 4.15. The summed E-state index contributed by atoms with van der Waals surface area (Å²) in [5, 5.41) is 3.36. The molecule has 2 aromatic rings. The largest absolute Gasteiger partial charge is 0.417 e. The summed E-state index contributed by atoms with van der Waals surface area (Å²) < 4.78 is 39.6. The van der Waals surface area contributed by atoms with Crippen LogP contribution >= 0.6 is 34.8 Å². The van der Waals surface area contributed by atoms with E-state index >= 15 is 0 Å². The number of hydrogen-bond donors (Lipinski definition) is 1. The average Bonchev–Trinajstić information content (AvgIpc) is 2.70. The Morgan fingerprint density at radius 1 is 0.968 bits per heavy atom. The Labute approximate surface area is 191 Å². The van der Waals surface area contributed by atoms with Gasteiger partial charge in [0.1, 0.15) is 0 Å². The third-order valence-electron chi connectivity index (χ3n) is 4.76. The Bertz CT molecular complexity index is 970. The number of carbonyl (C=O) groups is 2. The molecule has 0 atom stereocenters. The van der Waals surface area contributed by atoms with Gasteiger partial charge in [0.25, 0.3) is 5.91 Å². The van der Waals surface area contributed by atoms with Crippen LogP contribution in [0.3, 0.4) is 0 Å². The molecule has 0 bridgehead atoms. The van der Waals surface area contributed by atoms with E-state index in [9.17, 15) is 22.8 Å². The van der Waals surface area contributed by atoms with E-state index in [0.717, 1.165) is 6.07 Å². The van der Waals surface area contributed by atoms with E-state index in [1.807, 2.05) is 0 Å². The van der Waals surface area contributed by atoms with Gasteiger partial charge in [0, 0.05) is 31.2 Å². The minimum absolute atomic E-state index is 0.0104. The summed E-state index contributed by atoms with van der Waals surface area (Å²) in [5.74, 6) is -1.05. The van der Waals surface area contributed by atoms with Gasteiger partial charge in [-0.1, -0.05) is 46.9 Å². The van der Waals surface area contributed by atoms with Crippen LogP contribution in [0.5, 0.6) is 0 Å². The van der Waals surface area contributed by atoms with Crippen molar-refractivity contribution in [2.24, 2.45) is 0 Å². The Hall–Kier alpha value is -2.00. The fraction of sp³-hybridized carbons (Fsp3) is 0.300. The van der Waals surface area contributed by atoms with Crippen LogP contribution < -0.4 is 5.32 Å². The van der Waals surface area contributed by atoms with Gasteiger partial charge in [-0.2, -0.15) is 13.2 Å². The van der Waals surface area contributed by atoms with Crippen molar-refractivity contribution in [2.45, 2.75) is 6.18 Å². The van der Waals surface area contributed by atoms with Crippen LogP contribution in [0, 0.1) is 0 Å². The van der Waals surface area contributed by atoms with E-state index in [2.05, 4.69) is 5.32 Å². The summed E-state index contributed by atoms with van der Waals surface area (Å²) in [6.07, 6.45) is -4.61. The summed E-state index contributed by atoms with van der Waals surface area (Å²) in [4.78, 5) is 28.1. The topological polar surface area (TPSA) is 52.7 Å². The summed E-state index contributed by atoms with van der Waals surface area (Å²) in [7, 11) is 0. The number of anilines is 1. The lowest BCUT2D eigenvalue weighted by atomic mass is 10.1. The van der Waals surface area contributed by atoms with Gasteiger partial charge in [-0.3, -0.25) is 14.5 Å². The van der Waals surface area contributed by atoms with Crippen LogP contribution in [0.1, 0.15) is 15.9 Å². The zero-order valence-electron chi connectivity index (χ0n) is 16.0. The molecule has 3 rings (SSSR count). The highest BCUT2D eigenvalue weighted by Crippen LogP contribution is 2.34. The number of benzene rings is 2. The Balaban J connectivity index is 1.58. The van der Waals surface area contributed by atoms with Gasteiger partial charge in [0.15, 0.2) is 0 Å². The molecule has 5 nitrogen and oxygen atoms in total. The molecule has 1 N–H and O–H groups in total. The van der Waals surface area contributed by atoms with Gasteiger partial charge in [0.2, 0.25) is 5.91 Å². The van der Waals surface area contributed by atoms with Crippen LogP contribution in [0.15, 0.2) is 36.4 Å². The first kappa shape index (κ1) is 23.7. The van der Waals surface area contributed by atoms with Crippen LogP contribution in [0.25, 0.3) is 0 Å². The summed E-state index contributed by atoms with van der Waals surface area (Å²) in [5.41, 5.74) is -1.10. The standard InChI is InChI=1S/C20H17Cl3F3N3O2/c21-12-9-15(22)18(16(23)10-12)27-17(30)11-28-5-7-29(8-6-28)19(31)13-3-1-2-4-14(13)20(24,25)26/h1-4,9-10H,5-8,11H2,(H,27,30). The van der Waals surface area contributed by atoms with Crippen molar-refractivity contribution in [3.05, 3.63) is 62.6 Å². The number of hydrogen-bond acceptors (Lipinski definition) is 3. The normalized spacial score (nSPS) is 15.1. The van der Waals surface area contributed by atoms with Gasteiger partial charge in [0.05, 0.1) is 33.4 Å². The molecule has 1 fully saturated rings. The smallest absolute Gasteiger partial charge is 0.336 e. The Kier molecular flexibility index (Phi) is 7.36. The van der Waals surface area contributed by atoms with Crippen molar-refractivity contribution in [1.82, 2.24) is 9.80 Å². The first-order valence-corrected chi connectivity index (χ1v) is 10.3. The number of halogens is 6. The van der Waals surface area contributed by atoms with Crippen molar-refractivity contribution in [3.63, 3.8) is 0 Å². The van der Waals surface area contributed by atoms with Crippen LogP contribution in [-0.2, 0) is 11.0 Å². The number of amides is 2. The molecule has 2 amide bonds. The highest BCUT2D eigenvalue weighted by Gasteiger charge is 2.36. The van der Waals surface area contributed by atoms with Crippen molar-refractivity contribution >= 4 is 52.3 Å². The molecule has 0 saturated carbocycles. The number of nitrogens with one attached hydrogen (secondary N) is 1. The maximum Gasteiger partial charge on any atom is 0.417 e. The SMILES string of the molecule is O=C(CN1CCN(C(=O)c2ccccc2C(F)(F)F)CC1)Nc1c(Cl)cc(Cl)cc1Cl. The van der Waals surface area contributed by atoms with Gasteiger partial charge >= 0.3 is 6.18 Å². The second kappa shape index (κ2) is 9.65. The number of rotatable bonds is 4.